The number of aromatic nitrogens is 1. The third kappa shape index (κ3) is 6.38. The molecule has 1 saturated heterocycles. The zero-order valence-electron chi connectivity index (χ0n) is 16.9. The first kappa shape index (κ1) is 19.9. The van der Waals surface area contributed by atoms with Gasteiger partial charge in [-0.3, -0.25) is 4.99 Å². The average molecular weight is 374 g/mol. The highest BCUT2D eigenvalue weighted by Crippen LogP contribution is 2.28. The van der Waals surface area contributed by atoms with Crippen LogP contribution in [0.1, 0.15) is 51.0 Å². The monoisotopic (exact) mass is 373 g/mol. The minimum Gasteiger partial charge on any atom is -0.375 e. The van der Waals surface area contributed by atoms with Crippen LogP contribution in [0.15, 0.2) is 23.3 Å². The van der Waals surface area contributed by atoms with Crippen molar-refractivity contribution in [3.63, 3.8) is 0 Å². The average Bonchev–Trinajstić information content (AvgIpc) is 3.21. The van der Waals surface area contributed by atoms with Crippen molar-refractivity contribution >= 4 is 11.8 Å². The van der Waals surface area contributed by atoms with Gasteiger partial charge in [-0.15, -0.1) is 0 Å². The standard InChI is InChI=1S/C21H35N5O/c1-17-16-26(12-13-27-17)20-10-9-19(14-24-20)15-25-21(22-2)23-11-5-8-18-6-3-4-7-18/h9-10,14,17-18H,3-8,11-13,15-16H2,1-2H3,(H2,22,23,25). The van der Waals surface area contributed by atoms with E-state index in [1.165, 1.54) is 38.5 Å². The van der Waals surface area contributed by atoms with Gasteiger partial charge in [0.2, 0.25) is 0 Å². The van der Waals surface area contributed by atoms with Gasteiger partial charge in [0.25, 0.3) is 0 Å². The molecule has 0 spiro atoms. The highest BCUT2D eigenvalue weighted by molar-refractivity contribution is 5.79. The van der Waals surface area contributed by atoms with E-state index in [4.69, 9.17) is 4.74 Å². The van der Waals surface area contributed by atoms with Crippen LogP contribution in [0.25, 0.3) is 0 Å². The molecule has 1 atom stereocenters. The molecule has 0 radical (unpaired) electrons. The number of anilines is 1. The first-order chi connectivity index (χ1) is 13.2. The van der Waals surface area contributed by atoms with Gasteiger partial charge in [-0.25, -0.2) is 4.98 Å². The molecule has 2 fully saturated rings. The van der Waals surface area contributed by atoms with Gasteiger partial charge in [-0.05, 0) is 37.3 Å². The number of pyridine rings is 1. The second-order valence-electron chi connectivity index (χ2n) is 7.80. The fourth-order valence-electron chi connectivity index (χ4n) is 4.04. The SMILES string of the molecule is CN=C(NCCCC1CCCC1)NCc1ccc(N2CCOC(C)C2)nc1. The molecule has 0 amide bonds. The Morgan fingerprint density at radius 1 is 1.30 bits per heavy atom. The van der Waals surface area contributed by atoms with Gasteiger partial charge in [-0.1, -0.05) is 31.7 Å². The Labute approximate surface area is 163 Å². The summed E-state index contributed by atoms with van der Waals surface area (Å²) in [5.41, 5.74) is 1.16. The maximum Gasteiger partial charge on any atom is 0.191 e. The summed E-state index contributed by atoms with van der Waals surface area (Å²) in [4.78, 5) is 11.2. The van der Waals surface area contributed by atoms with Crippen LogP contribution < -0.4 is 15.5 Å². The highest BCUT2D eigenvalue weighted by atomic mass is 16.5. The van der Waals surface area contributed by atoms with Crippen LogP contribution in [-0.4, -0.2) is 50.3 Å². The Bertz CT molecular complexity index is 583. The number of ether oxygens (including phenoxy) is 1. The minimum atomic E-state index is 0.268. The van der Waals surface area contributed by atoms with Gasteiger partial charge in [0.1, 0.15) is 5.82 Å². The molecule has 2 N–H and O–H groups in total. The summed E-state index contributed by atoms with van der Waals surface area (Å²) in [6.45, 7) is 6.41. The molecule has 1 aromatic rings. The van der Waals surface area contributed by atoms with Gasteiger partial charge in [0.05, 0.1) is 12.7 Å². The minimum absolute atomic E-state index is 0.268. The zero-order valence-corrected chi connectivity index (χ0v) is 16.9. The first-order valence-electron chi connectivity index (χ1n) is 10.5. The predicted octanol–water partition coefficient (Wildman–Crippen LogP) is 2.94. The third-order valence-corrected chi connectivity index (χ3v) is 5.61. The number of nitrogens with one attached hydrogen (secondary N) is 2. The van der Waals surface area contributed by atoms with Gasteiger partial charge in [0, 0.05) is 39.4 Å². The number of guanidine groups is 1. The van der Waals surface area contributed by atoms with E-state index in [9.17, 15) is 0 Å². The van der Waals surface area contributed by atoms with Gasteiger partial charge in [0.15, 0.2) is 5.96 Å². The molecule has 0 aromatic carbocycles. The molecule has 6 nitrogen and oxygen atoms in total. The van der Waals surface area contributed by atoms with Crippen LogP contribution >= 0.6 is 0 Å². The van der Waals surface area contributed by atoms with Crippen LogP contribution in [0.3, 0.4) is 0 Å². The number of nitrogens with zero attached hydrogens (tertiary/aromatic N) is 3. The molecule has 0 bridgehead atoms. The quantitative estimate of drug-likeness (QED) is 0.437. The van der Waals surface area contributed by atoms with Crippen LogP contribution in [-0.2, 0) is 11.3 Å². The summed E-state index contributed by atoms with van der Waals surface area (Å²) >= 11 is 0. The smallest absolute Gasteiger partial charge is 0.191 e. The van der Waals surface area contributed by atoms with Crippen molar-refractivity contribution in [3.8, 4) is 0 Å². The lowest BCUT2D eigenvalue weighted by molar-refractivity contribution is 0.0529. The second-order valence-corrected chi connectivity index (χ2v) is 7.80. The Morgan fingerprint density at radius 3 is 2.85 bits per heavy atom. The van der Waals surface area contributed by atoms with E-state index < -0.39 is 0 Å². The molecule has 2 aliphatic rings. The maximum atomic E-state index is 5.60. The second kappa shape index (κ2) is 10.5. The van der Waals surface area contributed by atoms with E-state index in [1.807, 2.05) is 13.2 Å². The van der Waals surface area contributed by atoms with E-state index in [-0.39, 0.29) is 6.10 Å². The highest BCUT2D eigenvalue weighted by Gasteiger charge is 2.17. The summed E-state index contributed by atoms with van der Waals surface area (Å²) < 4.78 is 5.60. The first-order valence-corrected chi connectivity index (χ1v) is 10.5. The molecule has 27 heavy (non-hydrogen) atoms. The van der Waals surface area contributed by atoms with E-state index in [0.717, 1.165) is 56.0 Å². The van der Waals surface area contributed by atoms with Gasteiger partial charge in [-0.2, -0.15) is 0 Å². The number of morpholine rings is 1. The summed E-state index contributed by atoms with van der Waals surface area (Å²) in [5, 5.41) is 6.81. The van der Waals surface area contributed by atoms with Crippen molar-refractivity contribution in [3.05, 3.63) is 23.9 Å². The number of hydrogen-bond acceptors (Lipinski definition) is 4. The topological polar surface area (TPSA) is 61.8 Å². The van der Waals surface area contributed by atoms with Crippen molar-refractivity contribution in [2.45, 2.75) is 58.1 Å². The lowest BCUT2D eigenvalue weighted by Gasteiger charge is -2.32. The molecule has 6 heteroatoms. The zero-order chi connectivity index (χ0) is 18.9. The Kier molecular flexibility index (Phi) is 7.75. The number of hydrogen-bond donors (Lipinski definition) is 2. The lowest BCUT2D eigenvalue weighted by atomic mass is 10.0. The molecular formula is C21H35N5O. The Hall–Kier alpha value is -1.82. The molecule has 1 aromatic heterocycles. The summed E-state index contributed by atoms with van der Waals surface area (Å²) in [5.74, 6) is 2.86. The lowest BCUT2D eigenvalue weighted by Crippen LogP contribution is -2.41. The van der Waals surface area contributed by atoms with Crippen LogP contribution in [0.2, 0.25) is 0 Å². The molecule has 150 valence electrons. The molecule has 3 rings (SSSR count). The van der Waals surface area contributed by atoms with Crippen LogP contribution in [0, 0.1) is 5.92 Å². The molecule has 1 aliphatic heterocycles. The number of aliphatic imine (C=N–C) groups is 1. The maximum absolute atomic E-state index is 5.60. The van der Waals surface area contributed by atoms with E-state index >= 15 is 0 Å². The summed E-state index contributed by atoms with van der Waals surface area (Å²) in [6, 6.07) is 4.25. The molecular weight excluding hydrogens is 338 g/mol. The fraction of sp³-hybridized carbons (Fsp3) is 0.714. The number of rotatable bonds is 7. The van der Waals surface area contributed by atoms with E-state index in [0.29, 0.717) is 0 Å². The molecule has 2 heterocycles. The third-order valence-electron chi connectivity index (χ3n) is 5.61. The Morgan fingerprint density at radius 2 is 2.15 bits per heavy atom. The van der Waals surface area contributed by atoms with Crippen molar-refractivity contribution < 1.29 is 4.74 Å². The van der Waals surface area contributed by atoms with Crippen LogP contribution in [0.4, 0.5) is 5.82 Å². The largest absolute Gasteiger partial charge is 0.375 e. The normalized spacial score (nSPS) is 21.5. The fourth-order valence-corrected chi connectivity index (χ4v) is 4.04. The summed E-state index contributed by atoms with van der Waals surface area (Å²) in [6.07, 6.45) is 10.5. The van der Waals surface area contributed by atoms with Crippen molar-refractivity contribution in [2.75, 3.05) is 38.2 Å². The molecule has 1 saturated carbocycles. The van der Waals surface area contributed by atoms with Crippen LogP contribution in [0.5, 0.6) is 0 Å². The van der Waals surface area contributed by atoms with Crippen molar-refractivity contribution in [1.29, 1.82) is 0 Å². The predicted molar refractivity (Wildman–Crippen MR) is 111 cm³/mol. The van der Waals surface area contributed by atoms with Gasteiger partial charge >= 0.3 is 0 Å². The molecule has 1 unspecified atom stereocenters. The van der Waals surface area contributed by atoms with Crippen molar-refractivity contribution in [1.82, 2.24) is 15.6 Å². The van der Waals surface area contributed by atoms with Crippen molar-refractivity contribution in [2.24, 2.45) is 10.9 Å². The van der Waals surface area contributed by atoms with E-state index in [2.05, 4.69) is 44.6 Å². The van der Waals surface area contributed by atoms with E-state index in [1.54, 1.807) is 0 Å². The van der Waals surface area contributed by atoms with Gasteiger partial charge < -0.3 is 20.3 Å². The molecule has 1 aliphatic carbocycles. The Balaban J connectivity index is 1.37. The summed E-state index contributed by atoms with van der Waals surface area (Å²) in [7, 11) is 1.83.